The Bertz CT molecular complexity index is 151. The summed E-state index contributed by atoms with van der Waals surface area (Å²) < 4.78 is 0. The molecular formula is C9H18N2. The summed E-state index contributed by atoms with van der Waals surface area (Å²) >= 11 is 0. The molecule has 1 aliphatic carbocycles. The molecule has 2 nitrogen and oxygen atoms in total. The predicted molar refractivity (Wildman–Crippen MR) is 46.6 cm³/mol. The van der Waals surface area contributed by atoms with Crippen LogP contribution in [-0.2, 0) is 0 Å². The van der Waals surface area contributed by atoms with Gasteiger partial charge in [0.25, 0.3) is 0 Å². The minimum atomic E-state index is 0.754. The average Bonchev–Trinajstić information content (AvgIpc) is 1.73. The van der Waals surface area contributed by atoms with E-state index >= 15 is 0 Å². The highest BCUT2D eigenvalue weighted by molar-refractivity contribution is 5.05. The van der Waals surface area contributed by atoms with E-state index in [-0.39, 0.29) is 0 Å². The summed E-state index contributed by atoms with van der Waals surface area (Å²) in [6, 6.07) is 0.878. The molecule has 1 saturated carbocycles. The highest BCUT2D eigenvalue weighted by atomic mass is 15.2. The van der Waals surface area contributed by atoms with Crippen LogP contribution in [0, 0.1) is 5.41 Å². The van der Waals surface area contributed by atoms with E-state index in [2.05, 4.69) is 30.9 Å². The molecule has 0 N–H and O–H groups in total. The Morgan fingerprint density at radius 2 is 1.82 bits per heavy atom. The van der Waals surface area contributed by atoms with E-state index in [0.717, 1.165) is 11.5 Å². The largest absolute Gasteiger partial charge is 0.306 e. The molecule has 1 spiro atoms. The van der Waals surface area contributed by atoms with Gasteiger partial charge in [-0.1, -0.05) is 0 Å². The van der Waals surface area contributed by atoms with Gasteiger partial charge in [-0.15, -0.1) is 0 Å². The lowest BCUT2D eigenvalue weighted by molar-refractivity contribution is -0.0885. The Labute approximate surface area is 69.2 Å². The number of hydrogen-bond donors (Lipinski definition) is 0. The second-order valence-electron chi connectivity index (χ2n) is 4.70. The number of rotatable bonds is 1. The molecule has 1 saturated heterocycles. The van der Waals surface area contributed by atoms with Crippen molar-refractivity contribution in [2.45, 2.75) is 18.9 Å². The van der Waals surface area contributed by atoms with Gasteiger partial charge in [-0.05, 0) is 39.4 Å². The van der Waals surface area contributed by atoms with E-state index in [0.29, 0.717) is 0 Å². The third-order valence-corrected chi connectivity index (χ3v) is 3.28. The molecule has 64 valence electrons. The van der Waals surface area contributed by atoms with Crippen molar-refractivity contribution in [1.82, 2.24) is 9.80 Å². The minimum Gasteiger partial charge on any atom is -0.306 e. The van der Waals surface area contributed by atoms with Crippen molar-refractivity contribution < 1.29 is 0 Å². The van der Waals surface area contributed by atoms with Crippen LogP contribution in [0.3, 0.4) is 0 Å². The molecule has 0 radical (unpaired) electrons. The monoisotopic (exact) mass is 154 g/mol. The molecule has 11 heavy (non-hydrogen) atoms. The Morgan fingerprint density at radius 1 is 1.27 bits per heavy atom. The van der Waals surface area contributed by atoms with Crippen LogP contribution in [-0.4, -0.2) is 50.1 Å². The van der Waals surface area contributed by atoms with Gasteiger partial charge >= 0.3 is 0 Å². The maximum atomic E-state index is 2.42. The quantitative estimate of drug-likeness (QED) is 0.547. The molecule has 0 bridgehead atoms. The normalized spacial score (nSPS) is 30.5. The third kappa shape index (κ3) is 1.09. The summed E-state index contributed by atoms with van der Waals surface area (Å²) in [4.78, 5) is 4.79. The highest BCUT2D eigenvalue weighted by Crippen LogP contribution is 2.48. The van der Waals surface area contributed by atoms with Crippen LogP contribution in [0.25, 0.3) is 0 Å². The lowest BCUT2D eigenvalue weighted by Gasteiger charge is -2.59. The van der Waals surface area contributed by atoms with Crippen LogP contribution in [0.1, 0.15) is 12.8 Å². The standard InChI is InChI=1S/C9H18N2/c1-10(2)8-4-9(5-8)6-11(3)7-9/h8H,4-7H2,1-3H3. The topological polar surface area (TPSA) is 6.48 Å². The van der Waals surface area contributed by atoms with Crippen LogP contribution < -0.4 is 0 Å². The lowest BCUT2D eigenvalue weighted by Crippen LogP contribution is -2.64. The molecule has 0 atom stereocenters. The minimum absolute atomic E-state index is 0.754. The molecule has 1 aliphatic heterocycles. The average molecular weight is 154 g/mol. The Balaban J connectivity index is 1.80. The SMILES string of the molecule is CN1CC2(CC(N(C)C)C2)C1. The summed E-state index contributed by atoms with van der Waals surface area (Å²) in [5, 5.41) is 0. The predicted octanol–water partition coefficient (Wildman–Crippen LogP) is 0.642. The first kappa shape index (κ1) is 7.56. The van der Waals surface area contributed by atoms with Crippen LogP contribution in [0.2, 0.25) is 0 Å². The first-order valence-corrected chi connectivity index (χ1v) is 4.46. The summed E-state index contributed by atoms with van der Waals surface area (Å²) in [5.74, 6) is 0. The van der Waals surface area contributed by atoms with Gasteiger partial charge in [0.1, 0.15) is 0 Å². The third-order valence-electron chi connectivity index (χ3n) is 3.28. The molecule has 0 amide bonds. The molecule has 2 heteroatoms. The second kappa shape index (κ2) is 2.20. The zero-order valence-corrected chi connectivity index (χ0v) is 7.80. The molecule has 2 rings (SSSR count). The van der Waals surface area contributed by atoms with Gasteiger partial charge in [0.15, 0.2) is 0 Å². The van der Waals surface area contributed by atoms with Gasteiger partial charge in [0.2, 0.25) is 0 Å². The number of likely N-dealkylation sites (tertiary alicyclic amines) is 1. The van der Waals surface area contributed by atoms with E-state index in [9.17, 15) is 0 Å². The molecule has 2 fully saturated rings. The van der Waals surface area contributed by atoms with Gasteiger partial charge in [-0.2, -0.15) is 0 Å². The van der Waals surface area contributed by atoms with Crippen molar-refractivity contribution in [1.29, 1.82) is 0 Å². The Kier molecular flexibility index (Phi) is 1.52. The van der Waals surface area contributed by atoms with Crippen molar-refractivity contribution in [3.63, 3.8) is 0 Å². The van der Waals surface area contributed by atoms with E-state index < -0.39 is 0 Å². The van der Waals surface area contributed by atoms with E-state index in [1.807, 2.05) is 0 Å². The van der Waals surface area contributed by atoms with Gasteiger partial charge in [-0.25, -0.2) is 0 Å². The van der Waals surface area contributed by atoms with Gasteiger partial charge < -0.3 is 9.80 Å². The van der Waals surface area contributed by atoms with Crippen molar-refractivity contribution in [2.75, 3.05) is 34.2 Å². The smallest absolute Gasteiger partial charge is 0.0102 e. The molecule has 0 aromatic heterocycles. The molecule has 0 aromatic carbocycles. The van der Waals surface area contributed by atoms with Crippen molar-refractivity contribution >= 4 is 0 Å². The van der Waals surface area contributed by atoms with Crippen molar-refractivity contribution in [3.05, 3.63) is 0 Å². The fourth-order valence-electron chi connectivity index (χ4n) is 2.66. The van der Waals surface area contributed by atoms with Crippen LogP contribution in [0.5, 0.6) is 0 Å². The Morgan fingerprint density at radius 3 is 2.18 bits per heavy atom. The van der Waals surface area contributed by atoms with Gasteiger partial charge in [0, 0.05) is 19.1 Å². The Hall–Kier alpha value is -0.0800. The maximum Gasteiger partial charge on any atom is 0.0102 e. The second-order valence-corrected chi connectivity index (χ2v) is 4.70. The summed E-state index contributed by atoms with van der Waals surface area (Å²) in [6.45, 7) is 2.69. The van der Waals surface area contributed by atoms with E-state index in [4.69, 9.17) is 0 Å². The zero-order valence-electron chi connectivity index (χ0n) is 7.80. The lowest BCUT2D eigenvalue weighted by atomic mass is 9.60. The molecule has 1 heterocycles. The first-order valence-electron chi connectivity index (χ1n) is 4.46. The molecular weight excluding hydrogens is 136 g/mol. The number of hydrogen-bond acceptors (Lipinski definition) is 2. The van der Waals surface area contributed by atoms with Crippen LogP contribution in [0.4, 0.5) is 0 Å². The summed E-state index contributed by atoms with van der Waals surface area (Å²) in [5.41, 5.74) is 0.754. The highest BCUT2D eigenvalue weighted by Gasteiger charge is 2.51. The molecule has 0 aromatic rings. The van der Waals surface area contributed by atoms with Crippen molar-refractivity contribution in [3.8, 4) is 0 Å². The molecule has 0 unspecified atom stereocenters. The van der Waals surface area contributed by atoms with Crippen molar-refractivity contribution in [2.24, 2.45) is 5.41 Å². The summed E-state index contributed by atoms with van der Waals surface area (Å²) in [6.07, 6.45) is 2.87. The summed E-state index contributed by atoms with van der Waals surface area (Å²) in [7, 11) is 6.61. The van der Waals surface area contributed by atoms with E-state index in [1.165, 1.54) is 25.9 Å². The number of nitrogens with zero attached hydrogens (tertiary/aromatic N) is 2. The van der Waals surface area contributed by atoms with Crippen LogP contribution >= 0.6 is 0 Å². The fraction of sp³-hybridized carbons (Fsp3) is 1.00. The van der Waals surface area contributed by atoms with E-state index in [1.54, 1.807) is 0 Å². The van der Waals surface area contributed by atoms with Gasteiger partial charge in [0.05, 0.1) is 0 Å². The fourth-order valence-corrected chi connectivity index (χ4v) is 2.66. The van der Waals surface area contributed by atoms with Crippen LogP contribution in [0.15, 0.2) is 0 Å². The zero-order chi connectivity index (χ0) is 8.06. The van der Waals surface area contributed by atoms with Gasteiger partial charge in [-0.3, -0.25) is 0 Å². The first-order chi connectivity index (χ1) is 5.11. The maximum absolute atomic E-state index is 2.42. The molecule has 2 aliphatic rings.